The Morgan fingerprint density at radius 2 is 1.96 bits per heavy atom. The number of hydrogen-bond acceptors (Lipinski definition) is 4. The van der Waals surface area contributed by atoms with Crippen molar-refractivity contribution in [2.45, 2.75) is 32.7 Å². The van der Waals surface area contributed by atoms with Crippen molar-refractivity contribution in [2.24, 2.45) is 0 Å². The lowest BCUT2D eigenvalue weighted by molar-refractivity contribution is -0.122. The van der Waals surface area contributed by atoms with Crippen molar-refractivity contribution in [1.82, 2.24) is 10.2 Å². The molecule has 5 nitrogen and oxygen atoms in total. The van der Waals surface area contributed by atoms with Crippen molar-refractivity contribution in [1.29, 1.82) is 0 Å². The van der Waals surface area contributed by atoms with Gasteiger partial charge in [0.25, 0.3) is 0 Å². The number of carbonyl (C=O) groups excluding carboxylic acids is 1. The number of ether oxygens (including phenoxy) is 1. The van der Waals surface area contributed by atoms with E-state index in [9.17, 15) is 4.79 Å². The van der Waals surface area contributed by atoms with E-state index in [1.807, 2.05) is 18.2 Å². The van der Waals surface area contributed by atoms with Gasteiger partial charge in [-0.3, -0.25) is 9.69 Å². The molecule has 1 heterocycles. The van der Waals surface area contributed by atoms with Gasteiger partial charge in [0.2, 0.25) is 5.91 Å². The summed E-state index contributed by atoms with van der Waals surface area (Å²) in [5.41, 5.74) is 1.13. The summed E-state index contributed by atoms with van der Waals surface area (Å²) >= 11 is 0. The molecule has 128 valence electrons. The molecule has 23 heavy (non-hydrogen) atoms. The third-order valence-corrected chi connectivity index (χ3v) is 4.29. The summed E-state index contributed by atoms with van der Waals surface area (Å²) in [6.07, 6.45) is 2.13. The number of methoxy groups -OCH3 is 1. The Balaban J connectivity index is 1.81. The van der Waals surface area contributed by atoms with Crippen molar-refractivity contribution in [2.75, 3.05) is 44.7 Å². The number of carbonyl (C=O) groups is 1. The summed E-state index contributed by atoms with van der Waals surface area (Å²) in [6, 6.07) is 8.37. The number of nitrogens with zero attached hydrogens (tertiary/aromatic N) is 2. The van der Waals surface area contributed by atoms with Crippen LogP contribution in [0, 0.1) is 0 Å². The van der Waals surface area contributed by atoms with Crippen LogP contribution in [-0.4, -0.2) is 56.7 Å². The predicted molar refractivity (Wildman–Crippen MR) is 94.2 cm³/mol. The molecule has 0 radical (unpaired) electrons. The molecule has 1 aliphatic heterocycles. The Hall–Kier alpha value is -1.75. The van der Waals surface area contributed by atoms with Crippen molar-refractivity contribution in [3.05, 3.63) is 24.3 Å². The molecular formula is C18H29N3O2. The van der Waals surface area contributed by atoms with Crippen LogP contribution < -0.4 is 15.0 Å². The molecule has 0 aromatic heterocycles. The summed E-state index contributed by atoms with van der Waals surface area (Å²) in [7, 11) is 1.71. The highest BCUT2D eigenvalue weighted by atomic mass is 16.5. The minimum Gasteiger partial charge on any atom is -0.495 e. The molecule has 1 saturated heterocycles. The molecule has 1 aliphatic rings. The molecule has 0 unspecified atom stereocenters. The fraction of sp³-hybridized carbons (Fsp3) is 0.611. The summed E-state index contributed by atoms with van der Waals surface area (Å²) in [5.74, 6) is 1.05. The monoisotopic (exact) mass is 319 g/mol. The van der Waals surface area contributed by atoms with Crippen LogP contribution in [0.3, 0.4) is 0 Å². The maximum Gasteiger partial charge on any atom is 0.234 e. The molecule has 0 saturated carbocycles. The fourth-order valence-electron chi connectivity index (χ4n) is 3.07. The molecule has 0 bridgehead atoms. The van der Waals surface area contributed by atoms with E-state index < -0.39 is 0 Å². The third kappa shape index (κ3) is 5.13. The zero-order valence-corrected chi connectivity index (χ0v) is 14.5. The average molecular weight is 319 g/mol. The maximum atomic E-state index is 12.1. The van der Waals surface area contributed by atoms with Gasteiger partial charge < -0.3 is 15.0 Å². The van der Waals surface area contributed by atoms with Gasteiger partial charge in [-0.05, 0) is 25.5 Å². The molecule has 1 atom stereocenters. The van der Waals surface area contributed by atoms with Crippen LogP contribution in [0.1, 0.15) is 26.7 Å². The second-order valence-electron chi connectivity index (χ2n) is 6.19. The minimum atomic E-state index is 0.136. The summed E-state index contributed by atoms with van der Waals surface area (Å²) in [5, 5.41) is 3.08. The standard InChI is InChI=1S/C18H29N3O2/c1-4-7-15(2)19-18(22)14-20-10-12-21(13-11-20)16-8-5-6-9-17(16)23-3/h5-6,8-9,15H,4,7,10-14H2,1-3H3,(H,19,22)/t15-/m1/s1. The van der Waals surface area contributed by atoms with E-state index in [-0.39, 0.29) is 11.9 Å². The Bertz CT molecular complexity index is 499. The Morgan fingerprint density at radius 1 is 1.26 bits per heavy atom. The van der Waals surface area contributed by atoms with Crippen LogP contribution >= 0.6 is 0 Å². The Labute approximate surface area is 139 Å². The van der Waals surface area contributed by atoms with Gasteiger partial charge in [0.1, 0.15) is 5.75 Å². The van der Waals surface area contributed by atoms with Gasteiger partial charge in [-0.25, -0.2) is 0 Å². The molecule has 0 spiro atoms. The summed E-state index contributed by atoms with van der Waals surface area (Å²) in [4.78, 5) is 16.6. The number of anilines is 1. The number of para-hydroxylation sites is 2. The van der Waals surface area contributed by atoms with E-state index in [1.165, 1.54) is 0 Å². The second-order valence-corrected chi connectivity index (χ2v) is 6.19. The van der Waals surface area contributed by atoms with Gasteiger partial charge in [0.05, 0.1) is 19.3 Å². The van der Waals surface area contributed by atoms with Gasteiger partial charge in [0.15, 0.2) is 0 Å². The molecule has 1 N–H and O–H groups in total. The molecular weight excluding hydrogens is 290 g/mol. The number of rotatable bonds is 7. The van der Waals surface area contributed by atoms with E-state index in [4.69, 9.17) is 4.74 Å². The summed E-state index contributed by atoms with van der Waals surface area (Å²) < 4.78 is 5.44. The van der Waals surface area contributed by atoms with Gasteiger partial charge in [-0.2, -0.15) is 0 Å². The van der Waals surface area contributed by atoms with Gasteiger partial charge in [0, 0.05) is 32.2 Å². The van der Waals surface area contributed by atoms with E-state index >= 15 is 0 Å². The Morgan fingerprint density at radius 3 is 2.61 bits per heavy atom. The molecule has 2 rings (SSSR count). The molecule has 5 heteroatoms. The van der Waals surface area contributed by atoms with Gasteiger partial charge in [-0.1, -0.05) is 25.5 Å². The topological polar surface area (TPSA) is 44.8 Å². The molecule has 0 aliphatic carbocycles. The maximum absolute atomic E-state index is 12.1. The van der Waals surface area contributed by atoms with Crippen LogP contribution in [0.4, 0.5) is 5.69 Å². The van der Waals surface area contributed by atoms with Crippen LogP contribution in [0.25, 0.3) is 0 Å². The van der Waals surface area contributed by atoms with Crippen molar-refractivity contribution < 1.29 is 9.53 Å². The number of nitrogens with one attached hydrogen (secondary N) is 1. The van der Waals surface area contributed by atoms with Crippen LogP contribution in [0.2, 0.25) is 0 Å². The lowest BCUT2D eigenvalue weighted by Gasteiger charge is -2.36. The van der Waals surface area contributed by atoms with E-state index in [1.54, 1.807) is 7.11 Å². The summed E-state index contributed by atoms with van der Waals surface area (Å²) in [6.45, 7) is 8.33. The molecule has 1 amide bonds. The van der Waals surface area contributed by atoms with E-state index in [2.05, 4.69) is 35.0 Å². The largest absolute Gasteiger partial charge is 0.495 e. The van der Waals surface area contributed by atoms with Crippen LogP contribution in [0.5, 0.6) is 5.75 Å². The third-order valence-electron chi connectivity index (χ3n) is 4.29. The molecule has 1 fully saturated rings. The zero-order chi connectivity index (χ0) is 16.7. The first kappa shape index (κ1) is 17.6. The number of piperazine rings is 1. The molecule has 1 aromatic rings. The Kier molecular flexibility index (Phi) is 6.71. The van der Waals surface area contributed by atoms with E-state index in [0.29, 0.717) is 6.54 Å². The van der Waals surface area contributed by atoms with Crippen molar-refractivity contribution >= 4 is 11.6 Å². The highest BCUT2D eigenvalue weighted by Crippen LogP contribution is 2.28. The first-order chi connectivity index (χ1) is 11.1. The van der Waals surface area contributed by atoms with Crippen LogP contribution in [0.15, 0.2) is 24.3 Å². The predicted octanol–water partition coefficient (Wildman–Crippen LogP) is 2.12. The first-order valence-electron chi connectivity index (χ1n) is 8.53. The van der Waals surface area contributed by atoms with Crippen LogP contribution in [-0.2, 0) is 4.79 Å². The molecule has 1 aromatic carbocycles. The minimum absolute atomic E-state index is 0.136. The normalized spacial score (nSPS) is 16.9. The van der Waals surface area contributed by atoms with Crippen molar-refractivity contribution in [3.63, 3.8) is 0 Å². The second kappa shape index (κ2) is 8.77. The average Bonchev–Trinajstić information content (AvgIpc) is 2.55. The van der Waals surface area contributed by atoms with Gasteiger partial charge >= 0.3 is 0 Å². The lowest BCUT2D eigenvalue weighted by atomic mass is 10.2. The number of amides is 1. The van der Waals surface area contributed by atoms with Gasteiger partial charge in [-0.15, -0.1) is 0 Å². The fourth-order valence-corrected chi connectivity index (χ4v) is 3.07. The van der Waals surface area contributed by atoms with Crippen molar-refractivity contribution in [3.8, 4) is 5.75 Å². The zero-order valence-electron chi connectivity index (χ0n) is 14.5. The SMILES string of the molecule is CCC[C@@H](C)NC(=O)CN1CCN(c2ccccc2OC)CC1. The smallest absolute Gasteiger partial charge is 0.234 e. The first-order valence-corrected chi connectivity index (χ1v) is 8.53. The number of benzene rings is 1. The van der Waals surface area contributed by atoms with E-state index in [0.717, 1.165) is 50.5 Å². The highest BCUT2D eigenvalue weighted by Gasteiger charge is 2.21. The lowest BCUT2D eigenvalue weighted by Crippen LogP contribution is -2.50. The highest BCUT2D eigenvalue weighted by molar-refractivity contribution is 5.78. The number of hydrogen-bond donors (Lipinski definition) is 1. The quantitative estimate of drug-likeness (QED) is 0.836.